The maximum atomic E-state index is 12.5. The number of hydrogen-bond acceptors (Lipinski definition) is 2. The quantitative estimate of drug-likeness (QED) is 0.764. The predicted molar refractivity (Wildman–Crippen MR) is 66.4 cm³/mol. The zero-order chi connectivity index (χ0) is 14.6. The number of carbonyl (C=O) groups is 1. The highest BCUT2D eigenvalue weighted by molar-refractivity contribution is 6.36. The van der Waals surface area contributed by atoms with E-state index in [1.54, 1.807) is 6.92 Å². The lowest BCUT2D eigenvalue weighted by Gasteiger charge is -2.12. The van der Waals surface area contributed by atoms with Crippen LogP contribution in [0.2, 0.25) is 10.0 Å². The molecule has 0 aliphatic rings. The summed E-state index contributed by atoms with van der Waals surface area (Å²) in [5.41, 5.74) is -0.605. The number of halogens is 5. The molecule has 19 heavy (non-hydrogen) atoms. The maximum Gasteiger partial charge on any atom is 0.416 e. The summed E-state index contributed by atoms with van der Waals surface area (Å²) in [6.07, 6.45) is -4.36. The first-order valence-electron chi connectivity index (χ1n) is 5.46. The molecule has 0 aliphatic carbocycles. The van der Waals surface area contributed by atoms with Gasteiger partial charge in [-0.3, -0.25) is 4.79 Å². The van der Waals surface area contributed by atoms with Crippen LogP contribution < -0.4 is 0 Å². The zero-order valence-electron chi connectivity index (χ0n) is 9.98. The SMILES string of the molecule is CCOC(=O)CCc1c(Cl)cc(C(F)(F)F)cc1Cl. The van der Waals surface area contributed by atoms with Crippen LogP contribution in [0.4, 0.5) is 13.2 Å². The Labute approximate surface area is 118 Å². The summed E-state index contributed by atoms with van der Waals surface area (Å²) in [5.74, 6) is -0.450. The fourth-order valence-electron chi connectivity index (χ4n) is 1.47. The molecule has 7 heteroatoms. The van der Waals surface area contributed by atoms with Gasteiger partial charge in [0.1, 0.15) is 0 Å². The summed E-state index contributed by atoms with van der Waals surface area (Å²) < 4.78 is 42.2. The molecule has 2 nitrogen and oxygen atoms in total. The third-order valence-corrected chi connectivity index (χ3v) is 3.03. The van der Waals surface area contributed by atoms with E-state index in [4.69, 9.17) is 27.9 Å². The van der Waals surface area contributed by atoms with E-state index in [0.29, 0.717) is 5.56 Å². The highest BCUT2D eigenvalue weighted by Crippen LogP contribution is 2.36. The van der Waals surface area contributed by atoms with Gasteiger partial charge in [0.25, 0.3) is 0 Å². The summed E-state index contributed by atoms with van der Waals surface area (Å²) in [4.78, 5) is 11.2. The molecule has 0 amide bonds. The third-order valence-electron chi connectivity index (χ3n) is 2.35. The minimum atomic E-state index is -4.51. The van der Waals surface area contributed by atoms with E-state index in [1.165, 1.54) is 0 Å². The summed E-state index contributed by atoms with van der Waals surface area (Å²) >= 11 is 11.5. The number of alkyl halides is 3. The van der Waals surface area contributed by atoms with Crippen LogP contribution in [-0.2, 0) is 22.1 Å². The number of carbonyl (C=O) groups excluding carboxylic acids is 1. The average molecular weight is 315 g/mol. The van der Waals surface area contributed by atoms with Crippen molar-refractivity contribution in [3.8, 4) is 0 Å². The van der Waals surface area contributed by atoms with Gasteiger partial charge in [-0.15, -0.1) is 0 Å². The Morgan fingerprint density at radius 1 is 1.26 bits per heavy atom. The van der Waals surface area contributed by atoms with Crippen LogP contribution in [0.3, 0.4) is 0 Å². The van der Waals surface area contributed by atoms with Crippen LogP contribution in [0.1, 0.15) is 24.5 Å². The molecule has 0 heterocycles. The predicted octanol–water partition coefficient (Wildman–Crippen LogP) is 4.51. The van der Waals surface area contributed by atoms with Crippen LogP contribution in [0.25, 0.3) is 0 Å². The molecule has 0 aliphatic heterocycles. The van der Waals surface area contributed by atoms with E-state index < -0.39 is 17.7 Å². The van der Waals surface area contributed by atoms with Crippen molar-refractivity contribution in [2.24, 2.45) is 0 Å². The van der Waals surface area contributed by atoms with Crippen LogP contribution in [0.5, 0.6) is 0 Å². The molecule has 0 atom stereocenters. The van der Waals surface area contributed by atoms with Crippen molar-refractivity contribution >= 4 is 29.2 Å². The van der Waals surface area contributed by atoms with Gasteiger partial charge in [0.05, 0.1) is 12.2 Å². The monoisotopic (exact) mass is 314 g/mol. The zero-order valence-corrected chi connectivity index (χ0v) is 11.5. The van der Waals surface area contributed by atoms with Crippen molar-refractivity contribution in [3.05, 3.63) is 33.3 Å². The van der Waals surface area contributed by atoms with Crippen molar-refractivity contribution in [1.29, 1.82) is 0 Å². The molecule has 1 aromatic rings. The minimum Gasteiger partial charge on any atom is -0.466 e. The van der Waals surface area contributed by atoms with Crippen molar-refractivity contribution in [3.63, 3.8) is 0 Å². The Morgan fingerprint density at radius 2 is 1.79 bits per heavy atom. The van der Waals surface area contributed by atoms with E-state index in [9.17, 15) is 18.0 Å². The molecule has 1 aromatic carbocycles. The van der Waals surface area contributed by atoms with E-state index in [1.807, 2.05) is 0 Å². The molecule has 0 saturated carbocycles. The lowest BCUT2D eigenvalue weighted by atomic mass is 10.1. The first kappa shape index (κ1) is 16.1. The smallest absolute Gasteiger partial charge is 0.416 e. The molecule has 0 saturated heterocycles. The summed E-state index contributed by atoms with van der Waals surface area (Å²) in [6.45, 7) is 1.91. The van der Waals surface area contributed by atoms with Crippen molar-refractivity contribution in [1.82, 2.24) is 0 Å². The topological polar surface area (TPSA) is 26.3 Å². The number of ether oxygens (including phenoxy) is 1. The number of benzene rings is 1. The summed E-state index contributed by atoms with van der Waals surface area (Å²) in [7, 11) is 0. The van der Waals surface area contributed by atoms with Crippen LogP contribution in [-0.4, -0.2) is 12.6 Å². The molecule has 1 rings (SSSR count). The molecule has 0 radical (unpaired) electrons. The first-order valence-corrected chi connectivity index (χ1v) is 6.22. The fourth-order valence-corrected chi connectivity index (χ4v) is 2.14. The molecule has 0 fully saturated rings. The highest BCUT2D eigenvalue weighted by Gasteiger charge is 2.31. The van der Waals surface area contributed by atoms with Gasteiger partial charge in [-0.1, -0.05) is 23.2 Å². The number of esters is 1. The Kier molecular flexibility index (Phi) is 5.50. The Bertz CT molecular complexity index is 450. The fraction of sp³-hybridized carbons (Fsp3) is 0.417. The second kappa shape index (κ2) is 6.48. The van der Waals surface area contributed by atoms with Gasteiger partial charge in [0.2, 0.25) is 0 Å². The van der Waals surface area contributed by atoms with E-state index in [-0.39, 0.29) is 29.5 Å². The van der Waals surface area contributed by atoms with Gasteiger partial charge in [-0.25, -0.2) is 0 Å². The molecule has 0 aromatic heterocycles. The molecule has 106 valence electrons. The van der Waals surface area contributed by atoms with Gasteiger partial charge >= 0.3 is 12.1 Å². The molecule has 0 unspecified atom stereocenters. The molecular formula is C12H11Cl2F3O2. The normalized spacial score (nSPS) is 11.5. The van der Waals surface area contributed by atoms with Crippen molar-refractivity contribution < 1.29 is 22.7 Å². The Morgan fingerprint density at radius 3 is 2.21 bits per heavy atom. The number of hydrogen-bond donors (Lipinski definition) is 0. The summed E-state index contributed by atoms with van der Waals surface area (Å²) in [5, 5.41) is -0.215. The van der Waals surface area contributed by atoms with Crippen LogP contribution in [0, 0.1) is 0 Å². The van der Waals surface area contributed by atoms with Gasteiger partial charge in [-0.05, 0) is 31.0 Å². The lowest BCUT2D eigenvalue weighted by molar-refractivity contribution is -0.143. The number of rotatable bonds is 4. The van der Waals surface area contributed by atoms with Crippen LogP contribution >= 0.6 is 23.2 Å². The van der Waals surface area contributed by atoms with E-state index in [0.717, 1.165) is 12.1 Å². The molecule has 0 bridgehead atoms. The Hall–Kier alpha value is -0.940. The minimum absolute atomic E-state index is 0.0125. The molecule has 0 spiro atoms. The van der Waals surface area contributed by atoms with E-state index in [2.05, 4.69) is 0 Å². The maximum absolute atomic E-state index is 12.5. The van der Waals surface area contributed by atoms with Gasteiger partial charge in [0, 0.05) is 16.5 Å². The summed E-state index contributed by atoms with van der Waals surface area (Å²) in [6, 6.07) is 1.60. The average Bonchev–Trinajstić information content (AvgIpc) is 2.26. The second-order valence-corrected chi connectivity index (χ2v) is 4.54. The highest BCUT2D eigenvalue weighted by atomic mass is 35.5. The van der Waals surface area contributed by atoms with Gasteiger partial charge < -0.3 is 4.74 Å². The first-order chi connectivity index (χ1) is 8.75. The van der Waals surface area contributed by atoms with Crippen LogP contribution in [0.15, 0.2) is 12.1 Å². The third kappa shape index (κ3) is 4.58. The van der Waals surface area contributed by atoms with Gasteiger partial charge in [0.15, 0.2) is 0 Å². The lowest BCUT2D eigenvalue weighted by Crippen LogP contribution is -2.08. The Balaban J connectivity index is 2.89. The standard InChI is InChI=1S/C12H11Cl2F3O2/c1-2-19-11(18)4-3-8-9(13)5-7(6-10(8)14)12(15,16)17/h5-6H,2-4H2,1H3. The van der Waals surface area contributed by atoms with E-state index >= 15 is 0 Å². The van der Waals surface area contributed by atoms with Crippen molar-refractivity contribution in [2.75, 3.05) is 6.61 Å². The second-order valence-electron chi connectivity index (χ2n) is 3.72. The largest absolute Gasteiger partial charge is 0.466 e. The molecular weight excluding hydrogens is 304 g/mol. The van der Waals surface area contributed by atoms with Gasteiger partial charge in [-0.2, -0.15) is 13.2 Å². The van der Waals surface area contributed by atoms with Crippen molar-refractivity contribution in [2.45, 2.75) is 25.9 Å². The molecule has 0 N–H and O–H groups in total.